The Labute approximate surface area is 167 Å². The third kappa shape index (κ3) is 4.63. The van der Waals surface area contributed by atoms with Gasteiger partial charge in [-0.25, -0.2) is 10.1 Å². The van der Waals surface area contributed by atoms with Gasteiger partial charge in [-0.05, 0) is 27.4 Å². The van der Waals surface area contributed by atoms with Crippen LogP contribution in [0.3, 0.4) is 0 Å². The number of anilines is 1. The van der Waals surface area contributed by atoms with Crippen molar-refractivity contribution >= 4 is 17.9 Å². The summed E-state index contributed by atoms with van der Waals surface area (Å²) in [6.07, 6.45) is 1.57. The molecule has 0 fully saturated rings. The van der Waals surface area contributed by atoms with Gasteiger partial charge in [-0.2, -0.15) is 9.78 Å². The lowest BCUT2D eigenvalue weighted by atomic mass is 10.0. The predicted octanol–water partition coefficient (Wildman–Crippen LogP) is -0.236. The number of quaternary nitrogens is 1. The minimum atomic E-state index is -0.488. The SMILES string of the molecule is CC(C)c1ccc(/C=N\NC(=O)c2nnn(-c3nonc3N)c2C[NH+](C)C)cc1. The lowest BCUT2D eigenvalue weighted by molar-refractivity contribution is -0.873. The molecule has 152 valence electrons. The normalized spacial score (nSPS) is 11.7. The molecule has 0 atom stereocenters. The monoisotopic (exact) mass is 398 g/mol. The lowest BCUT2D eigenvalue weighted by Gasteiger charge is -2.08. The Morgan fingerprint density at radius 3 is 2.62 bits per heavy atom. The van der Waals surface area contributed by atoms with Crippen molar-refractivity contribution in [3.63, 3.8) is 0 Å². The average molecular weight is 398 g/mol. The number of benzene rings is 1. The molecule has 29 heavy (non-hydrogen) atoms. The molecule has 0 aliphatic rings. The lowest BCUT2D eigenvalue weighted by Crippen LogP contribution is -3.04. The van der Waals surface area contributed by atoms with E-state index in [9.17, 15) is 4.79 Å². The van der Waals surface area contributed by atoms with E-state index in [0.29, 0.717) is 18.2 Å². The molecule has 0 saturated carbocycles. The summed E-state index contributed by atoms with van der Waals surface area (Å²) in [5.41, 5.74) is 11.0. The van der Waals surface area contributed by atoms with E-state index in [2.05, 4.69) is 49.6 Å². The quantitative estimate of drug-likeness (QED) is 0.368. The maximum Gasteiger partial charge on any atom is 0.294 e. The van der Waals surface area contributed by atoms with Gasteiger partial charge in [0.2, 0.25) is 11.6 Å². The Kier molecular flexibility index (Phi) is 5.98. The van der Waals surface area contributed by atoms with Crippen LogP contribution in [0.4, 0.5) is 5.82 Å². The zero-order valence-electron chi connectivity index (χ0n) is 16.7. The van der Waals surface area contributed by atoms with Crippen molar-refractivity contribution in [3.8, 4) is 5.82 Å². The zero-order valence-corrected chi connectivity index (χ0v) is 16.7. The number of nitrogen functional groups attached to an aromatic ring is 1. The highest BCUT2D eigenvalue weighted by Gasteiger charge is 2.25. The second kappa shape index (κ2) is 8.61. The fraction of sp³-hybridized carbons (Fsp3) is 0.333. The minimum absolute atomic E-state index is 0.0553. The van der Waals surface area contributed by atoms with Crippen molar-refractivity contribution in [2.24, 2.45) is 5.10 Å². The van der Waals surface area contributed by atoms with Crippen LogP contribution >= 0.6 is 0 Å². The van der Waals surface area contributed by atoms with Gasteiger partial charge < -0.3 is 10.6 Å². The molecule has 1 amide bonds. The summed E-state index contributed by atoms with van der Waals surface area (Å²) in [5, 5.41) is 19.2. The van der Waals surface area contributed by atoms with Gasteiger partial charge in [0.1, 0.15) is 12.2 Å². The van der Waals surface area contributed by atoms with Crippen molar-refractivity contribution in [1.82, 2.24) is 30.7 Å². The standard InChI is InChI=1S/C18H23N9O2/c1-11(2)13-7-5-12(6-8-13)9-20-22-18(28)15-14(10-26(3)4)27(25-21-15)17-16(19)23-29-24-17/h5-9,11H,10H2,1-4H3,(H2,19,23)(H,22,28)/p+1/b20-9-. The highest BCUT2D eigenvalue weighted by atomic mass is 16.6. The first kappa shape index (κ1) is 20.1. The molecule has 0 unspecified atom stereocenters. The Morgan fingerprint density at radius 1 is 1.31 bits per heavy atom. The van der Waals surface area contributed by atoms with Crippen LogP contribution in [-0.2, 0) is 6.54 Å². The molecule has 0 saturated heterocycles. The smallest absolute Gasteiger partial charge is 0.294 e. The summed E-state index contributed by atoms with van der Waals surface area (Å²) in [7, 11) is 3.87. The Morgan fingerprint density at radius 2 is 2.03 bits per heavy atom. The number of carbonyl (C=O) groups is 1. The van der Waals surface area contributed by atoms with Crippen LogP contribution in [0.15, 0.2) is 34.0 Å². The van der Waals surface area contributed by atoms with Crippen LogP contribution in [0.25, 0.3) is 5.82 Å². The second-order valence-corrected chi connectivity index (χ2v) is 7.17. The van der Waals surface area contributed by atoms with Crippen molar-refractivity contribution in [3.05, 3.63) is 46.8 Å². The van der Waals surface area contributed by atoms with Gasteiger partial charge in [-0.15, -0.1) is 5.10 Å². The number of nitrogens with one attached hydrogen (secondary N) is 2. The highest BCUT2D eigenvalue weighted by molar-refractivity contribution is 5.94. The fourth-order valence-corrected chi connectivity index (χ4v) is 2.66. The number of amides is 1. The van der Waals surface area contributed by atoms with E-state index < -0.39 is 5.91 Å². The topological polar surface area (TPSA) is 142 Å². The van der Waals surface area contributed by atoms with Crippen LogP contribution < -0.4 is 16.1 Å². The maximum absolute atomic E-state index is 12.6. The van der Waals surface area contributed by atoms with Crippen LogP contribution in [0.1, 0.15) is 47.1 Å². The summed E-state index contributed by atoms with van der Waals surface area (Å²) in [4.78, 5) is 13.7. The number of nitrogens with zero attached hydrogens (tertiary/aromatic N) is 6. The fourth-order valence-electron chi connectivity index (χ4n) is 2.66. The van der Waals surface area contributed by atoms with Gasteiger partial charge in [0.25, 0.3) is 5.91 Å². The van der Waals surface area contributed by atoms with Crippen molar-refractivity contribution in [1.29, 1.82) is 0 Å². The summed E-state index contributed by atoms with van der Waals surface area (Å²) in [6.45, 7) is 4.71. The first-order valence-electron chi connectivity index (χ1n) is 9.12. The van der Waals surface area contributed by atoms with E-state index in [4.69, 9.17) is 5.73 Å². The van der Waals surface area contributed by atoms with Crippen LogP contribution in [0, 0.1) is 0 Å². The van der Waals surface area contributed by atoms with E-state index in [1.807, 2.05) is 38.4 Å². The van der Waals surface area contributed by atoms with Crippen LogP contribution in [0.2, 0.25) is 0 Å². The molecule has 3 rings (SSSR count). The number of aromatic nitrogens is 5. The predicted molar refractivity (Wildman–Crippen MR) is 106 cm³/mol. The molecule has 0 aliphatic heterocycles. The first-order chi connectivity index (χ1) is 13.9. The Hall–Kier alpha value is -3.60. The van der Waals surface area contributed by atoms with E-state index in [1.165, 1.54) is 10.2 Å². The molecule has 0 bridgehead atoms. The molecular weight excluding hydrogens is 374 g/mol. The molecule has 2 aromatic heterocycles. The number of nitrogens with two attached hydrogens (primary N) is 1. The average Bonchev–Trinajstić information content (AvgIpc) is 3.27. The molecular formula is C18H24N9O2+. The largest absolute Gasteiger partial charge is 0.378 e. The maximum atomic E-state index is 12.6. The van der Waals surface area contributed by atoms with Crippen molar-refractivity contribution in [2.45, 2.75) is 26.3 Å². The summed E-state index contributed by atoms with van der Waals surface area (Å²) in [5.74, 6) is 0.202. The Balaban J connectivity index is 1.78. The molecule has 2 heterocycles. The Bertz CT molecular complexity index is 1000. The second-order valence-electron chi connectivity index (χ2n) is 7.17. The zero-order chi connectivity index (χ0) is 21.0. The summed E-state index contributed by atoms with van der Waals surface area (Å²) >= 11 is 0. The van der Waals surface area contributed by atoms with Gasteiger partial charge in [0.05, 0.1) is 20.3 Å². The molecule has 0 spiro atoms. The van der Waals surface area contributed by atoms with Gasteiger partial charge in [-0.3, -0.25) is 4.79 Å². The van der Waals surface area contributed by atoms with E-state index in [1.54, 1.807) is 6.21 Å². The number of rotatable bonds is 7. The third-order valence-electron chi connectivity index (χ3n) is 4.18. The summed E-state index contributed by atoms with van der Waals surface area (Å²) < 4.78 is 5.97. The molecule has 1 aromatic carbocycles. The third-order valence-corrected chi connectivity index (χ3v) is 4.18. The number of hydrazone groups is 1. The van der Waals surface area contributed by atoms with E-state index >= 15 is 0 Å². The molecule has 0 aliphatic carbocycles. The molecule has 0 radical (unpaired) electrons. The molecule has 11 nitrogen and oxygen atoms in total. The van der Waals surface area contributed by atoms with Crippen molar-refractivity contribution in [2.75, 3.05) is 19.8 Å². The van der Waals surface area contributed by atoms with Gasteiger partial charge >= 0.3 is 0 Å². The van der Waals surface area contributed by atoms with Gasteiger partial charge in [-0.1, -0.05) is 43.3 Å². The molecule has 3 aromatic rings. The molecule has 11 heteroatoms. The van der Waals surface area contributed by atoms with Crippen LogP contribution in [-0.4, -0.2) is 51.5 Å². The molecule has 4 N–H and O–H groups in total. The van der Waals surface area contributed by atoms with Crippen LogP contribution in [0.5, 0.6) is 0 Å². The summed E-state index contributed by atoms with van der Waals surface area (Å²) in [6, 6.07) is 7.96. The number of hydrogen-bond acceptors (Lipinski definition) is 8. The highest BCUT2D eigenvalue weighted by Crippen LogP contribution is 2.15. The minimum Gasteiger partial charge on any atom is -0.378 e. The first-order valence-corrected chi connectivity index (χ1v) is 9.12. The van der Waals surface area contributed by atoms with Crippen molar-refractivity contribution < 1.29 is 14.3 Å². The van der Waals surface area contributed by atoms with Gasteiger partial charge in [0, 0.05) is 0 Å². The van der Waals surface area contributed by atoms with E-state index in [-0.39, 0.29) is 17.3 Å². The number of carbonyl (C=O) groups excluding carboxylic acids is 1. The van der Waals surface area contributed by atoms with E-state index in [0.717, 1.165) is 10.5 Å². The number of hydrogen-bond donors (Lipinski definition) is 3. The van der Waals surface area contributed by atoms with Gasteiger partial charge in [0.15, 0.2) is 5.69 Å².